The lowest BCUT2D eigenvalue weighted by Crippen LogP contribution is -2.36. The Morgan fingerprint density at radius 2 is 2.31 bits per heavy atom. The van der Waals surface area contributed by atoms with Crippen LogP contribution in [0.4, 0.5) is 0 Å². The van der Waals surface area contributed by atoms with Gasteiger partial charge in [0.2, 0.25) is 5.91 Å². The molecule has 2 rings (SSSR count). The second-order valence-corrected chi connectivity index (χ2v) is 4.86. The van der Waals surface area contributed by atoms with Crippen molar-refractivity contribution >= 4 is 12.1 Å². The maximum absolute atomic E-state index is 12.1. The van der Waals surface area contributed by atoms with E-state index in [-0.39, 0.29) is 11.9 Å². The minimum atomic E-state index is -0.441. The summed E-state index contributed by atoms with van der Waals surface area (Å²) < 4.78 is 4.94. The van der Waals surface area contributed by atoms with E-state index < -0.39 is 5.41 Å². The molecule has 5 heteroatoms. The number of aromatic nitrogens is 1. The van der Waals surface area contributed by atoms with Crippen LogP contribution >= 0.6 is 0 Å². The number of nitrogens with zero attached hydrogens (tertiary/aromatic N) is 3. The number of oxazole rings is 1. The van der Waals surface area contributed by atoms with Crippen molar-refractivity contribution in [3.63, 3.8) is 0 Å². The largest absolute Gasteiger partial charge is 0.451 e. The molecule has 0 bridgehead atoms. The monoisotopic (exact) mass is 221 g/mol. The zero-order valence-corrected chi connectivity index (χ0v) is 9.67. The Morgan fingerprint density at radius 3 is 2.88 bits per heavy atom. The summed E-state index contributed by atoms with van der Waals surface area (Å²) in [5, 5.41) is 5.61. The van der Waals surface area contributed by atoms with Crippen molar-refractivity contribution in [2.45, 2.75) is 33.2 Å². The van der Waals surface area contributed by atoms with E-state index in [2.05, 4.69) is 10.1 Å². The molecule has 1 aliphatic heterocycles. The molecular formula is C11H15N3O2. The zero-order chi connectivity index (χ0) is 11.8. The van der Waals surface area contributed by atoms with Crippen molar-refractivity contribution in [1.82, 2.24) is 9.99 Å². The molecule has 2 heterocycles. The average molecular weight is 221 g/mol. The van der Waals surface area contributed by atoms with Gasteiger partial charge in [0.25, 0.3) is 0 Å². The van der Waals surface area contributed by atoms with E-state index in [9.17, 15) is 4.79 Å². The van der Waals surface area contributed by atoms with E-state index in [0.717, 1.165) is 5.69 Å². The highest BCUT2D eigenvalue weighted by atomic mass is 16.3. The molecule has 0 aliphatic carbocycles. The molecule has 0 saturated heterocycles. The highest BCUT2D eigenvalue weighted by molar-refractivity contribution is 5.84. The first-order valence-electron chi connectivity index (χ1n) is 5.24. The van der Waals surface area contributed by atoms with Crippen LogP contribution in [0.5, 0.6) is 0 Å². The molecule has 1 amide bonds. The average Bonchev–Trinajstić information content (AvgIpc) is 2.85. The first kappa shape index (κ1) is 10.9. The zero-order valence-electron chi connectivity index (χ0n) is 9.67. The fraction of sp³-hybridized carbons (Fsp3) is 0.545. The molecule has 1 unspecified atom stereocenters. The van der Waals surface area contributed by atoms with Gasteiger partial charge >= 0.3 is 0 Å². The van der Waals surface area contributed by atoms with Crippen LogP contribution in [0.25, 0.3) is 0 Å². The number of hydrogen-bond acceptors (Lipinski definition) is 4. The van der Waals surface area contributed by atoms with Gasteiger partial charge in [-0.2, -0.15) is 5.10 Å². The lowest BCUT2D eigenvalue weighted by molar-refractivity contribution is -0.141. The van der Waals surface area contributed by atoms with E-state index in [4.69, 9.17) is 4.42 Å². The van der Waals surface area contributed by atoms with Crippen LogP contribution in [0, 0.1) is 5.41 Å². The standard InChI is InChI=1S/C11H15N3O2/c1-11(2,3)10(15)14-9(4-5-13-14)8-6-16-7-12-8/h5-7,9H,4H2,1-3H3. The molecule has 5 nitrogen and oxygen atoms in total. The predicted octanol–water partition coefficient (Wildman–Crippen LogP) is 1.98. The van der Waals surface area contributed by atoms with Crippen LogP contribution in [0.15, 0.2) is 22.2 Å². The lowest BCUT2D eigenvalue weighted by Gasteiger charge is -2.27. The third-order valence-corrected chi connectivity index (χ3v) is 2.47. The van der Waals surface area contributed by atoms with E-state index in [1.165, 1.54) is 11.4 Å². The van der Waals surface area contributed by atoms with Crippen LogP contribution in [0.3, 0.4) is 0 Å². The Hall–Kier alpha value is -1.65. The molecule has 0 spiro atoms. The second kappa shape index (κ2) is 3.73. The lowest BCUT2D eigenvalue weighted by atomic mass is 9.94. The molecule has 0 aromatic carbocycles. The summed E-state index contributed by atoms with van der Waals surface area (Å²) in [6.45, 7) is 5.63. The highest BCUT2D eigenvalue weighted by Gasteiger charge is 2.35. The SMILES string of the molecule is CC(C)(C)C(=O)N1N=CCC1c1cocn1. The van der Waals surface area contributed by atoms with Crippen LogP contribution in [0.1, 0.15) is 38.9 Å². The van der Waals surface area contributed by atoms with Gasteiger partial charge in [0.1, 0.15) is 18.0 Å². The van der Waals surface area contributed by atoms with Crippen molar-refractivity contribution in [3.05, 3.63) is 18.4 Å². The molecule has 1 aromatic heterocycles. The molecule has 0 N–H and O–H groups in total. The Morgan fingerprint density at radius 1 is 1.56 bits per heavy atom. The number of hydrazone groups is 1. The third kappa shape index (κ3) is 1.85. The summed E-state index contributed by atoms with van der Waals surface area (Å²) in [7, 11) is 0. The maximum Gasteiger partial charge on any atom is 0.248 e. The minimum Gasteiger partial charge on any atom is -0.451 e. The van der Waals surface area contributed by atoms with Crippen LogP contribution in [-0.2, 0) is 4.79 Å². The van der Waals surface area contributed by atoms with Gasteiger partial charge in [-0.05, 0) is 0 Å². The molecular weight excluding hydrogens is 206 g/mol. The molecule has 0 saturated carbocycles. The number of hydrogen-bond donors (Lipinski definition) is 0. The van der Waals surface area contributed by atoms with Gasteiger partial charge in [-0.25, -0.2) is 9.99 Å². The molecule has 0 fully saturated rings. The quantitative estimate of drug-likeness (QED) is 0.728. The summed E-state index contributed by atoms with van der Waals surface area (Å²) in [6, 6.07) is -0.120. The Bertz CT molecular complexity index is 403. The molecule has 86 valence electrons. The van der Waals surface area contributed by atoms with Crippen LogP contribution in [0.2, 0.25) is 0 Å². The van der Waals surface area contributed by atoms with E-state index in [1.807, 2.05) is 20.8 Å². The number of carbonyl (C=O) groups is 1. The topological polar surface area (TPSA) is 58.7 Å². The van der Waals surface area contributed by atoms with Crippen molar-refractivity contribution in [2.24, 2.45) is 10.5 Å². The van der Waals surface area contributed by atoms with Gasteiger partial charge in [-0.15, -0.1) is 0 Å². The van der Waals surface area contributed by atoms with Crippen molar-refractivity contribution in [1.29, 1.82) is 0 Å². The molecule has 0 radical (unpaired) electrons. The maximum atomic E-state index is 12.1. The van der Waals surface area contributed by atoms with Gasteiger partial charge in [0.15, 0.2) is 6.39 Å². The summed E-state index contributed by atoms with van der Waals surface area (Å²) in [6.07, 6.45) is 5.35. The van der Waals surface area contributed by atoms with Gasteiger partial charge in [-0.3, -0.25) is 4.79 Å². The first-order valence-corrected chi connectivity index (χ1v) is 5.24. The number of amides is 1. The van der Waals surface area contributed by atoms with E-state index in [1.54, 1.807) is 12.5 Å². The smallest absolute Gasteiger partial charge is 0.248 e. The molecule has 1 aliphatic rings. The van der Waals surface area contributed by atoms with Gasteiger partial charge < -0.3 is 4.42 Å². The van der Waals surface area contributed by atoms with Crippen LogP contribution < -0.4 is 0 Å². The molecule has 1 atom stereocenters. The van der Waals surface area contributed by atoms with Crippen molar-refractivity contribution < 1.29 is 9.21 Å². The third-order valence-electron chi connectivity index (χ3n) is 2.47. The van der Waals surface area contributed by atoms with Gasteiger partial charge in [0.05, 0.1) is 0 Å². The summed E-state index contributed by atoms with van der Waals surface area (Å²) >= 11 is 0. The van der Waals surface area contributed by atoms with E-state index >= 15 is 0 Å². The summed E-state index contributed by atoms with van der Waals surface area (Å²) in [5.74, 6) is -0.00532. The minimum absolute atomic E-state index is 0.00532. The van der Waals surface area contributed by atoms with E-state index in [0.29, 0.717) is 6.42 Å². The fourth-order valence-electron chi connectivity index (χ4n) is 1.59. The second-order valence-electron chi connectivity index (χ2n) is 4.86. The number of rotatable bonds is 1. The summed E-state index contributed by atoms with van der Waals surface area (Å²) in [5.41, 5.74) is 0.305. The predicted molar refractivity (Wildman–Crippen MR) is 58.7 cm³/mol. The first-order chi connectivity index (χ1) is 7.50. The number of carbonyl (C=O) groups excluding carboxylic acids is 1. The Labute approximate surface area is 94.1 Å². The van der Waals surface area contributed by atoms with Gasteiger partial charge in [0, 0.05) is 18.1 Å². The molecule has 16 heavy (non-hydrogen) atoms. The van der Waals surface area contributed by atoms with Crippen molar-refractivity contribution in [2.75, 3.05) is 0 Å². The summed E-state index contributed by atoms with van der Waals surface area (Å²) in [4.78, 5) is 16.2. The normalized spacial score (nSPS) is 20.4. The Balaban J connectivity index is 2.22. The fourth-order valence-corrected chi connectivity index (χ4v) is 1.59. The van der Waals surface area contributed by atoms with Crippen LogP contribution in [-0.4, -0.2) is 22.1 Å². The molecule has 1 aromatic rings. The highest BCUT2D eigenvalue weighted by Crippen LogP contribution is 2.31. The Kier molecular flexibility index (Phi) is 2.53. The van der Waals surface area contributed by atoms with Crippen molar-refractivity contribution in [3.8, 4) is 0 Å². The van der Waals surface area contributed by atoms with Gasteiger partial charge in [-0.1, -0.05) is 20.8 Å².